The molecule has 2 rings (SSSR count). The number of amides is 1. The molecule has 1 aromatic rings. The monoisotopic (exact) mass is 367 g/mol. The standard InChI is InChI=1S/C18H23Cl2N3O/c1-13(15-7-6-14(19)10-16(15)20)22-11-17(24)23-18(12-21)8-4-2-3-5-9-18/h6-7,10,13,22H,2-5,8-9,11H2,1H3,(H,23,24)/t13-/m1/s1. The minimum absolute atomic E-state index is 0.0901. The van der Waals surface area contributed by atoms with E-state index in [9.17, 15) is 10.1 Å². The first-order chi connectivity index (χ1) is 11.5. The van der Waals surface area contributed by atoms with E-state index in [1.807, 2.05) is 13.0 Å². The summed E-state index contributed by atoms with van der Waals surface area (Å²) in [5.41, 5.74) is 0.175. The first-order valence-corrected chi connectivity index (χ1v) is 9.12. The van der Waals surface area contributed by atoms with Gasteiger partial charge in [-0.05, 0) is 37.5 Å². The summed E-state index contributed by atoms with van der Waals surface area (Å²) >= 11 is 12.1. The number of benzene rings is 1. The second-order valence-corrected chi connectivity index (χ2v) is 7.27. The molecule has 1 aliphatic carbocycles. The summed E-state index contributed by atoms with van der Waals surface area (Å²) in [5, 5.41) is 16.8. The van der Waals surface area contributed by atoms with Crippen molar-refractivity contribution in [2.24, 2.45) is 0 Å². The van der Waals surface area contributed by atoms with E-state index in [2.05, 4.69) is 16.7 Å². The minimum Gasteiger partial charge on any atom is -0.337 e. The van der Waals surface area contributed by atoms with Crippen LogP contribution in [0.25, 0.3) is 0 Å². The van der Waals surface area contributed by atoms with E-state index < -0.39 is 5.54 Å². The third-order valence-electron chi connectivity index (χ3n) is 4.55. The van der Waals surface area contributed by atoms with Crippen LogP contribution in [0, 0.1) is 11.3 Å². The number of carbonyl (C=O) groups excluding carboxylic acids is 1. The Morgan fingerprint density at radius 2 is 1.96 bits per heavy atom. The number of carbonyl (C=O) groups is 1. The van der Waals surface area contributed by atoms with Crippen molar-refractivity contribution >= 4 is 29.1 Å². The van der Waals surface area contributed by atoms with Crippen LogP contribution >= 0.6 is 23.2 Å². The molecule has 1 saturated carbocycles. The zero-order chi connectivity index (χ0) is 17.6. The van der Waals surface area contributed by atoms with Crippen LogP contribution in [0.5, 0.6) is 0 Å². The van der Waals surface area contributed by atoms with Gasteiger partial charge in [-0.1, -0.05) is 55.0 Å². The van der Waals surface area contributed by atoms with Gasteiger partial charge in [0.05, 0.1) is 12.6 Å². The maximum absolute atomic E-state index is 12.3. The molecule has 1 amide bonds. The van der Waals surface area contributed by atoms with E-state index in [0.717, 1.165) is 44.1 Å². The summed E-state index contributed by atoms with van der Waals surface area (Å²) in [5.74, 6) is -0.157. The quantitative estimate of drug-likeness (QED) is 0.759. The highest BCUT2D eigenvalue weighted by Crippen LogP contribution is 2.27. The predicted octanol–water partition coefficient (Wildman–Crippen LogP) is 4.38. The molecule has 1 aromatic carbocycles. The second-order valence-electron chi connectivity index (χ2n) is 6.42. The molecule has 0 radical (unpaired) electrons. The minimum atomic E-state index is -0.712. The molecule has 1 fully saturated rings. The molecule has 2 N–H and O–H groups in total. The van der Waals surface area contributed by atoms with Gasteiger partial charge in [-0.2, -0.15) is 5.26 Å². The first-order valence-electron chi connectivity index (χ1n) is 8.36. The molecule has 1 atom stereocenters. The van der Waals surface area contributed by atoms with Gasteiger partial charge in [0.2, 0.25) is 5.91 Å². The van der Waals surface area contributed by atoms with Gasteiger partial charge in [0.15, 0.2) is 0 Å². The van der Waals surface area contributed by atoms with Crippen LogP contribution in [0.2, 0.25) is 10.0 Å². The molecular formula is C18H23Cl2N3O. The molecule has 0 unspecified atom stereocenters. The van der Waals surface area contributed by atoms with E-state index >= 15 is 0 Å². The fourth-order valence-corrected chi connectivity index (χ4v) is 3.69. The number of hydrogen-bond donors (Lipinski definition) is 2. The van der Waals surface area contributed by atoms with E-state index in [1.165, 1.54) is 0 Å². The Kier molecular flexibility index (Phi) is 6.91. The highest BCUT2D eigenvalue weighted by molar-refractivity contribution is 6.35. The van der Waals surface area contributed by atoms with Crippen molar-refractivity contribution in [3.8, 4) is 6.07 Å². The van der Waals surface area contributed by atoms with Gasteiger partial charge in [-0.3, -0.25) is 4.79 Å². The Bertz CT molecular complexity index is 619. The largest absolute Gasteiger partial charge is 0.337 e. The molecule has 24 heavy (non-hydrogen) atoms. The number of nitrogens with zero attached hydrogens (tertiary/aromatic N) is 1. The molecule has 0 spiro atoms. The van der Waals surface area contributed by atoms with Gasteiger partial charge in [0.25, 0.3) is 0 Å². The van der Waals surface area contributed by atoms with Crippen LogP contribution < -0.4 is 10.6 Å². The molecule has 130 valence electrons. The molecule has 1 aliphatic rings. The van der Waals surface area contributed by atoms with Gasteiger partial charge in [-0.25, -0.2) is 0 Å². The van der Waals surface area contributed by atoms with Gasteiger partial charge >= 0.3 is 0 Å². The molecular weight excluding hydrogens is 345 g/mol. The van der Waals surface area contributed by atoms with Gasteiger partial charge in [0.1, 0.15) is 5.54 Å². The SMILES string of the molecule is C[C@@H](NCC(=O)NC1(C#N)CCCCCC1)c1ccc(Cl)cc1Cl. The highest BCUT2D eigenvalue weighted by atomic mass is 35.5. The summed E-state index contributed by atoms with van der Waals surface area (Å²) in [7, 11) is 0. The van der Waals surface area contributed by atoms with Crippen molar-refractivity contribution < 1.29 is 4.79 Å². The molecule has 0 saturated heterocycles. The van der Waals surface area contributed by atoms with Crippen molar-refractivity contribution in [3.63, 3.8) is 0 Å². The van der Waals surface area contributed by atoms with Crippen molar-refractivity contribution in [1.82, 2.24) is 10.6 Å². The lowest BCUT2D eigenvalue weighted by Crippen LogP contribution is -2.50. The summed E-state index contributed by atoms with van der Waals surface area (Å²) < 4.78 is 0. The molecule has 0 bridgehead atoms. The van der Waals surface area contributed by atoms with Crippen molar-refractivity contribution in [2.45, 2.75) is 57.0 Å². The molecule has 0 heterocycles. The van der Waals surface area contributed by atoms with Crippen LogP contribution in [-0.2, 0) is 4.79 Å². The lowest BCUT2D eigenvalue weighted by molar-refractivity contribution is -0.121. The molecule has 0 aliphatic heterocycles. The highest BCUT2D eigenvalue weighted by Gasteiger charge is 2.32. The lowest BCUT2D eigenvalue weighted by Gasteiger charge is -2.27. The second kappa shape index (κ2) is 8.71. The number of rotatable bonds is 5. The van der Waals surface area contributed by atoms with E-state index in [-0.39, 0.29) is 18.5 Å². The van der Waals surface area contributed by atoms with Gasteiger partial charge in [0, 0.05) is 16.1 Å². The smallest absolute Gasteiger partial charge is 0.235 e. The maximum Gasteiger partial charge on any atom is 0.235 e. The average molecular weight is 368 g/mol. The number of nitrogens with one attached hydrogen (secondary N) is 2. The first kappa shape index (κ1) is 19.1. The number of halogens is 2. The fraction of sp³-hybridized carbons (Fsp3) is 0.556. The normalized spacial score (nSPS) is 18.2. The third kappa shape index (κ3) is 5.11. The molecule has 6 heteroatoms. The van der Waals surface area contributed by atoms with Crippen molar-refractivity contribution in [1.29, 1.82) is 5.26 Å². The van der Waals surface area contributed by atoms with Crippen LogP contribution in [-0.4, -0.2) is 18.0 Å². The van der Waals surface area contributed by atoms with Crippen molar-refractivity contribution in [2.75, 3.05) is 6.54 Å². The third-order valence-corrected chi connectivity index (χ3v) is 5.11. The fourth-order valence-electron chi connectivity index (χ4n) is 3.12. The van der Waals surface area contributed by atoms with Crippen LogP contribution in [0.4, 0.5) is 0 Å². The Hall–Kier alpha value is -1.28. The summed E-state index contributed by atoms with van der Waals surface area (Å²) in [4.78, 5) is 12.3. The number of nitriles is 1. The van der Waals surface area contributed by atoms with Gasteiger partial charge in [-0.15, -0.1) is 0 Å². The zero-order valence-electron chi connectivity index (χ0n) is 13.9. The Balaban J connectivity index is 1.91. The lowest BCUT2D eigenvalue weighted by atomic mass is 9.92. The summed E-state index contributed by atoms with van der Waals surface area (Å²) in [6.07, 6.45) is 5.69. The Morgan fingerprint density at radius 1 is 1.29 bits per heavy atom. The van der Waals surface area contributed by atoms with Crippen LogP contribution in [0.1, 0.15) is 57.1 Å². The summed E-state index contributed by atoms with van der Waals surface area (Å²) in [6.45, 7) is 2.08. The zero-order valence-corrected chi connectivity index (χ0v) is 15.4. The topological polar surface area (TPSA) is 64.9 Å². The van der Waals surface area contributed by atoms with Gasteiger partial charge < -0.3 is 10.6 Å². The molecule has 4 nitrogen and oxygen atoms in total. The van der Waals surface area contributed by atoms with E-state index in [1.54, 1.807) is 12.1 Å². The van der Waals surface area contributed by atoms with Crippen molar-refractivity contribution in [3.05, 3.63) is 33.8 Å². The Labute approximate surface area is 153 Å². The summed E-state index contributed by atoms with van der Waals surface area (Å²) in [6, 6.07) is 7.55. The maximum atomic E-state index is 12.3. The molecule has 0 aromatic heterocycles. The van der Waals surface area contributed by atoms with Crippen LogP contribution in [0.3, 0.4) is 0 Å². The Morgan fingerprint density at radius 3 is 2.54 bits per heavy atom. The predicted molar refractivity (Wildman–Crippen MR) is 97.1 cm³/mol. The van der Waals surface area contributed by atoms with Crippen LogP contribution in [0.15, 0.2) is 18.2 Å². The average Bonchev–Trinajstić information content (AvgIpc) is 2.79. The number of hydrogen-bond acceptors (Lipinski definition) is 3. The van der Waals surface area contributed by atoms with E-state index in [0.29, 0.717) is 10.0 Å². The van der Waals surface area contributed by atoms with E-state index in [4.69, 9.17) is 23.2 Å².